The van der Waals surface area contributed by atoms with Crippen LogP contribution >= 0.6 is 0 Å². The van der Waals surface area contributed by atoms with Crippen LogP contribution in [0.3, 0.4) is 0 Å². The Hall–Kier alpha value is -0.570. The fraction of sp³-hybridized carbons (Fsp3) is 0.875. The van der Waals surface area contributed by atoms with Gasteiger partial charge in [0, 0.05) is 12.5 Å². The molecule has 11 heavy (non-hydrogen) atoms. The number of carboxylic acid groups (broad SMARTS) is 1. The molecule has 1 rings (SSSR count). The number of piperidine rings is 1. The Morgan fingerprint density at radius 3 is 3.00 bits per heavy atom. The summed E-state index contributed by atoms with van der Waals surface area (Å²) in [4.78, 5) is 10.4. The maximum atomic E-state index is 10.4. The Morgan fingerprint density at radius 1 is 1.73 bits per heavy atom. The number of rotatable bonds is 2. The number of carboxylic acids is 1. The van der Waals surface area contributed by atoms with Gasteiger partial charge in [-0.05, 0) is 32.2 Å². The van der Waals surface area contributed by atoms with Crippen molar-refractivity contribution in [3.63, 3.8) is 0 Å². The Morgan fingerprint density at radius 2 is 2.45 bits per heavy atom. The number of aliphatic carboxylic acids is 1. The molecule has 2 N–H and O–H groups in total. The highest BCUT2D eigenvalue weighted by Crippen LogP contribution is 2.19. The molecule has 3 heteroatoms. The average Bonchev–Trinajstić information content (AvgIpc) is 1.93. The van der Waals surface area contributed by atoms with Crippen LogP contribution in [0.2, 0.25) is 0 Å². The Bertz CT molecular complexity index is 147. The molecule has 0 saturated carbocycles. The zero-order chi connectivity index (χ0) is 8.27. The highest BCUT2D eigenvalue weighted by Gasteiger charge is 2.22. The third-order valence-electron chi connectivity index (χ3n) is 2.36. The fourth-order valence-electron chi connectivity index (χ4n) is 1.61. The van der Waals surface area contributed by atoms with E-state index in [9.17, 15) is 4.79 Å². The quantitative estimate of drug-likeness (QED) is 0.624. The van der Waals surface area contributed by atoms with Crippen molar-refractivity contribution in [2.45, 2.75) is 32.2 Å². The van der Waals surface area contributed by atoms with Crippen molar-refractivity contribution >= 4 is 5.97 Å². The van der Waals surface area contributed by atoms with Gasteiger partial charge in [0.1, 0.15) is 0 Å². The maximum absolute atomic E-state index is 10.4. The lowest BCUT2D eigenvalue weighted by Crippen LogP contribution is -2.39. The number of carbonyl (C=O) groups is 1. The van der Waals surface area contributed by atoms with Gasteiger partial charge in [-0.1, -0.05) is 0 Å². The molecule has 1 saturated heterocycles. The molecule has 0 unspecified atom stereocenters. The summed E-state index contributed by atoms with van der Waals surface area (Å²) in [6.45, 7) is 3.10. The van der Waals surface area contributed by atoms with Crippen LogP contribution in [0.25, 0.3) is 0 Å². The summed E-state index contributed by atoms with van der Waals surface area (Å²) < 4.78 is 0. The van der Waals surface area contributed by atoms with E-state index in [4.69, 9.17) is 5.11 Å². The first-order valence-electron chi connectivity index (χ1n) is 4.15. The molecule has 0 radical (unpaired) electrons. The smallest absolute Gasteiger partial charge is 0.303 e. The fourth-order valence-corrected chi connectivity index (χ4v) is 1.61. The summed E-state index contributed by atoms with van der Waals surface area (Å²) >= 11 is 0. The van der Waals surface area contributed by atoms with Gasteiger partial charge in [-0.25, -0.2) is 0 Å². The molecule has 0 aliphatic carbocycles. The van der Waals surface area contributed by atoms with Gasteiger partial charge in [0.25, 0.3) is 0 Å². The van der Waals surface area contributed by atoms with Crippen LogP contribution in [0.1, 0.15) is 26.2 Å². The lowest BCUT2D eigenvalue weighted by molar-refractivity contribution is -0.138. The van der Waals surface area contributed by atoms with Crippen molar-refractivity contribution in [1.29, 1.82) is 0 Å². The average molecular weight is 157 g/mol. The summed E-state index contributed by atoms with van der Waals surface area (Å²) in [5, 5.41) is 11.8. The second-order valence-corrected chi connectivity index (χ2v) is 3.24. The van der Waals surface area contributed by atoms with Gasteiger partial charge in [0.05, 0.1) is 0 Å². The van der Waals surface area contributed by atoms with Crippen molar-refractivity contribution in [1.82, 2.24) is 5.32 Å². The van der Waals surface area contributed by atoms with Crippen LogP contribution in [0.5, 0.6) is 0 Å². The standard InChI is InChI=1S/C8H15NO2/c1-6-7(5-8(10)11)3-2-4-9-6/h6-7,9H,2-5H2,1H3,(H,10,11)/t6-,7-/m0/s1. The molecule has 0 aromatic rings. The van der Waals surface area contributed by atoms with E-state index in [1.807, 2.05) is 0 Å². The first-order chi connectivity index (χ1) is 5.20. The molecule has 0 aromatic heterocycles. The van der Waals surface area contributed by atoms with Gasteiger partial charge in [-0.15, -0.1) is 0 Å². The largest absolute Gasteiger partial charge is 0.481 e. The Kier molecular flexibility index (Phi) is 2.88. The first kappa shape index (κ1) is 8.53. The molecule has 0 aromatic carbocycles. The van der Waals surface area contributed by atoms with Crippen LogP contribution in [0.4, 0.5) is 0 Å². The van der Waals surface area contributed by atoms with Crippen LogP contribution < -0.4 is 5.32 Å². The normalized spacial score (nSPS) is 31.7. The van der Waals surface area contributed by atoms with E-state index in [2.05, 4.69) is 12.2 Å². The molecule has 1 fully saturated rings. The van der Waals surface area contributed by atoms with Crippen molar-refractivity contribution in [2.75, 3.05) is 6.54 Å². The maximum Gasteiger partial charge on any atom is 0.303 e. The van der Waals surface area contributed by atoms with Crippen LogP contribution in [0, 0.1) is 5.92 Å². The first-order valence-corrected chi connectivity index (χ1v) is 4.15. The van der Waals surface area contributed by atoms with Crippen LogP contribution in [0.15, 0.2) is 0 Å². The van der Waals surface area contributed by atoms with Gasteiger partial charge in [0.2, 0.25) is 0 Å². The molecule has 64 valence electrons. The Balaban J connectivity index is 2.35. The van der Waals surface area contributed by atoms with E-state index >= 15 is 0 Å². The molecule has 0 spiro atoms. The van der Waals surface area contributed by atoms with E-state index < -0.39 is 5.97 Å². The summed E-state index contributed by atoms with van der Waals surface area (Å²) in [6.07, 6.45) is 2.48. The molecular weight excluding hydrogens is 142 g/mol. The third kappa shape index (κ3) is 2.50. The second kappa shape index (κ2) is 3.72. The lowest BCUT2D eigenvalue weighted by atomic mass is 9.89. The molecule has 0 bridgehead atoms. The van der Waals surface area contributed by atoms with E-state index in [-0.39, 0.29) is 0 Å². The number of hydrogen-bond donors (Lipinski definition) is 2. The minimum atomic E-state index is -0.675. The van der Waals surface area contributed by atoms with Gasteiger partial charge < -0.3 is 10.4 Å². The van der Waals surface area contributed by atoms with Crippen molar-refractivity contribution in [3.05, 3.63) is 0 Å². The lowest BCUT2D eigenvalue weighted by Gasteiger charge is -2.28. The molecular formula is C8H15NO2. The van der Waals surface area contributed by atoms with Gasteiger partial charge in [-0.3, -0.25) is 4.79 Å². The van der Waals surface area contributed by atoms with Crippen molar-refractivity contribution < 1.29 is 9.90 Å². The monoisotopic (exact) mass is 157 g/mol. The SMILES string of the molecule is C[C@@H]1NCCC[C@H]1CC(=O)O. The highest BCUT2D eigenvalue weighted by atomic mass is 16.4. The summed E-state index contributed by atoms with van der Waals surface area (Å²) in [5.41, 5.74) is 0. The van der Waals surface area contributed by atoms with Crippen molar-refractivity contribution in [2.24, 2.45) is 5.92 Å². The topological polar surface area (TPSA) is 49.3 Å². The summed E-state index contributed by atoms with van der Waals surface area (Å²) in [6, 6.07) is 0.375. The zero-order valence-corrected chi connectivity index (χ0v) is 6.84. The zero-order valence-electron chi connectivity index (χ0n) is 6.84. The van der Waals surface area contributed by atoms with E-state index in [1.165, 1.54) is 0 Å². The second-order valence-electron chi connectivity index (χ2n) is 3.24. The van der Waals surface area contributed by atoms with E-state index in [1.54, 1.807) is 0 Å². The molecule has 1 aliphatic heterocycles. The predicted molar refractivity (Wildman–Crippen MR) is 42.4 cm³/mol. The molecule has 1 heterocycles. The third-order valence-corrected chi connectivity index (χ3v) is 2.36. The Labute approximate surface area is 66.8 Å². The highest BCUT2D eigenvalue weighted by molar-refractivity contribution is 5.67. The van der Waals surface area contributed by atoms with Crippen LogP contribution in [-0.2, 0) is 4.79 Å². The molecule has 3 nitrogen and oxygen atoms in total. The predicted octanol–water partition coefficient (Wildman–Crippen LogP) is 0.849. The van der Waals surface area contributed by atoms with Crippen molar-refractivity contribution in [3.8, 4) is 0 Å². The van der Waals surface area contributed by atoms with E-state index in [0.29, 0.717) is 18.4 Å². The summed E-state index contributed by atoms with van der Waals surface area (Å²) in [5.74, 6) is -0.341. The molecule has 0 amide bonds. The minimum absolute atomic E-state index is 0.314. The number of hydrogen-bond acceptors (Lipinski definition) is 2. The summed E-state index contributed by atoms with van der Waals surface area (Å²) in [7, 11) is 0. The van der Waals surface area contributed by atoms with Gasteiger partial charge in [0.15, 0.2) is 0 Å². The number of nitrogens with one attached hydrogen (secondary N) is 1. The minimum Gasteiger partial charge on any atom is -0.481 e. The van der Waals surface area contributed by atoms with Crippen LogP contribution in [-0.4, -0.2) is 23.7 Å². The van der Waals surface area contributed by atoms with Gasteiger partial charge in [-0.2, -0.15) is 0 Å². The molecule has 2 atom stereocenters. The van der Waals surface area contributed by atoms with Gasteiger partial charge >= 0.3 is 5.97 Å². The van der Waals surface area contributed by atoms with E-state index in [0.717, 1.165) is 19.4 Å². The molecule has 1 aliphatic rings.